The molecule has 3 nitrogen and oxygen atoms in total. The van der Waals surface area contributed by atoms with E-state index in [0.717, 1.165) is 37.4 Å². The molecule has 120 valence electrons. The molecule has 1 aromatic rings. The van der Waals surface area contributed by atoms with E-state index in [-0.39, 0.29) is 5.43 Å². The molecule has 1 atom stereocenters. The van der Waals surface area contributed by atoms with Crippen LogP contribution in [0, 0.1) is 10.4 Å². The van der Waals surface area contributed by atoms with Crippen LogP contribution in [-0.2, 0) is 0 Å². The van der Waals surface area contributed by atoms with Gasteiger partial charge in [0, 0.05) is 25.7 Å². The highest BCUT2D eigenvalue weighted by molar-refractivity contribution is 7.71. The van der Waals surface area contributed by atoms with E-state index < -0.39 is 0 Å². The van der Waals surface area contributed by atoms with Gasteiger partial charge in [0.2, 0.25) is 5.43 Å². The van der Waals surface area contributed by atoms with Gasteiger partial charge in [-0.3, -0.25) is 4.79 Å². The van der Waals surface area contributed by atoms with Crippen LogP contribution >= 0.6 is 12.2 Å². The maximum absolute atomic E-state index is 12.1. The van der Waals surface area contributed by atoms with Gasteiger partial charge < -0.3 is 9.80 Å². The molecule has 1 rings (SSSR count). The van der Waals surface area contributed by atoms with Crippen LogP contribution < -0.4 is 10.3 Å². The van der Waals surface area contributed by atoms with Crippen LogP contribution in [0.25, 0.3) is 0 Å². The highest BCUT2D eigenvalue weighted by Gasteiger charge is 2.26. The first-order valence-corrected chi connectivity index (χ1v) is 8.52. The first-order valence-electron chi connectivity index (χ1n) is 8.11. The van der Waals surface area contributed by atoms with E-state index in [1.165, 1.54) is 6.42 Å². The van der Waals surface area contributed by atoms with Crippen molar-refractivity contribution in [2.45, 2.75) is 47.0 Å². The van der Waals surface area contributed by atoms with Crippen LogP contribution in [0.2, 0.25) is 0 Å². The third kappa shape index (κ3) is 4.13. The molecule has 0 aliphatic heterocycles. The van der Waals surface area contributed by atoms with Gasteiger partial charge in [-0.2, -0.15) is 0 Å². The molecule has 0 spiro atoms. The molecule has 0 amide bonds. The maximum atomic E-state index is 12.1. The largest absolute Gasteiger partial charge is 0.370 e. The van der Waals surface area contributed by atoms with Crippen molar-refractivity contribution >= 4 is 17.9 Å². The Morgan fingerprint density at radius 1 is 1.10 bits per heavy atom. The second-order valence-corrected chi connectivity index (χ2v) is 6.72. The standard InChI is InChI=1S/C17H30N2OS/c1-7-9-19(8-2)11-10-18(6)15-14(13(5)12(3)4)17(21)16(15)20/h12-13H,7-11H2,1-6H3. The van der Waals surface area contributed by atoms with Crippen molar-refractivity contribution in [2.24, 2.45) is 5.92 Å². The van der Waals surface area contributed by atoms with Crippen molar-refractivity contribution in [1.82, 2.24) is 4.90 Å². The Balaban J connectivity index is 2.80. The molecule has 0 aliphatic carbocycles. The van der Waals surface area contributed by atoms with Crippen LogP contribution in [0.4, 0.5) is 5.69 Å². The van der Waals surface area contributed by atoms with Gasteiger partial charge >= 0.3 is 0 Å². The Morgan fingerprint density at radius 3 is 2.19 bits per heavy atom. The monoisotopic (exact) mass is 310 g/mol. The average Bonchev–Trinajstić information content (AvgIpc) is 2.46. The molecule has 0 N–H and O–H groups in total. The summed E-state index contributed by atoms with van der Waals surface area (Å²) in [5.41, 5.74) is 2.02. The lowest BCUT2D eigenvalue weighted by molar-refractivity contribution is 0.295. The molecule has 0 saturated heterocycles. The van der Waals surface area contributed by atoms with Crippen molar-refractivity contribution in [2.75, 3.05) is 38.1 Å². The number of anilines is 1. The van der Waals surface area contributed by atoms with Crippen LogP contribution in [0.15, 0.2) is 4.79 Å². The summed E-state index contributed by atoms with van der Waals surface area (Å²) >= 11 is 5.28. The van der Waals surface area contributed by atoms with Crippen molar-refractivity contribution in [3.63, 3.8) is 0 Å². The van der Waals surface area contributed by atoms with Gasteiger partial charge in [-0.15, -0.1) is 0 Å². The van der Waals surface area contributed by atoms with Gasteiger partial charge in [0.25, 0.3) is 0 Å². The van der Waals surface area contributed by atoms with Crippen molar-refractivity contribution in [3.05, 3.63) is 20.3 Å². The quantitative estimate of drug-likeness (QED) is 0.651. The molecule has 0 fully saturated rings. The predicted molar refractivity (Wildman–Crippen MR) is 94.8 cm³/mol. The fourth-order valence-corrected chi connectivity index (χ4v) is 3.06. The molecule has 0 aromatic heterocycles. The van der Waals surface area contributed by atoms with Crippen LogP contribution in [-0.4, -0.2) is 38.1 Å². The summed E-state index contributed by atoms with van der Waals surface area (Å²) in [5.74, 6) is 0.854. The molecule has 1 aromatic carbocycles. The molecule has 0 bridgehead atoms. The number of nitrogens with zero attached hydrogens (tertiary/aromatic N) is 2. The average molecular weight is 311 g/mol. The smallest absolute Gasteiger partial charge is 0.220 e. The fourth-order valence-electron chi connectivity index (χ4n) is 2.68. The topological polar surface area (TPSA) is 23.6 Å². The van der Waals surface area contributed by atoms with Gasteiger partial charge in [0.15, 0.2) is 0 Å². The number of hydrogen-bond acceptors (Lipinski definition) is 4. The minimum absolute atomic E-state index is 0.0635. The molecular weight excluding hydrogens is 280 g/mol. The summed E-state index contributed by atoms with van der Waals surface area (Å²) < 4.78 is 0.555. The Kier molecular flexibility index (Phi) is 7.01. The Labute approximate surface area is 134 Å². The molecule has 1 unspecified atom stereocenters. The number of likely N-dealkylation sites (N-methyl/N-ethyl adjacent to an activating group) is 2. The molecule has 0 radical (unpaired) electrons. The molecule has 0 saturated carbocycles. The van der Waals surface area contributed by atoms with E-state index in [0.29, 0.717) is 16.3 Å². The van der Waals surface area contributed by atoms with Crippen molar-refractivity contribution in [3.8, 4) is 0 Å². The minimum atomic E-state index is 0.0635. The van der Waals surface area contributed by atoms with E-state index in [2.05, 4.69) is 44.4 Å². The highest BCUT2D eigenvalue weighted by atomic mass is 32.1. The lowest BCUT2D eigenvalue weighted by Gasteiger charge is -2.30. The normalized spacial score (nSPS) is 13.3. The molecule has 0 aliphatic rings. The summed E-state index contributed by atoms with van der Waals surface area (Å²) in [6.07, 6.45) is 1.17. The number of hydrogen-bond donors (Lipinski definition) is 0. The van der Waals surface area contributed by atoms with E-state index in [9.17, 15) is 4.79 Å². The first kappa shape index (κ1) is 18.3. The second-order valence-electron chi connectivity index (χ2n) is 6.31. The van der Waals surface area contributed by atoms with Gasteiger partial charge in [-0.25, -0.2) is 0 Å². The zero-order chi connectivity index (χ0) is 16.2. The SMILES string of the molecule is CCCN(CC)CCN(C)c1c(C(C)C(C)C)c(=S)c1=O. The summed E-state index contributed by atoms with van der Waals surface area (Å²) in [6.45, 7) is 15.0. The van der Waals surface area contributed by atoms with Crippen LogP contribution in [0.3, 0.4) is 0 Å². The molecular formula is C17H30N2OS. The Hall–Kier alpha value is -0.740. The molecule has 0 heterocycles. The van der Waals surface area contributed by atoms with Gasteiger partial charge in [-0.05, 0) is 31.3 Å². The van der Waals surface area contributed by atoms with E-state index >= 15 is 0 Å². The van der Waals surface area contributed by atoms with E-state index in [1.54, 1.807) is 0 Å². The zero-order valence-corrected chi connectivity index (χ0v) is 15.2. The van der Waals surface area contributed by atoms with Crippen molar-refractivity contribution < 1.29 is 0 Å². The zero-order valence-electron chi connectivity index (χ0n) is 14.4. The second kappa shape index (κ2) is 8.04. The Morgan fingerprint density at radius 2 is 1.71 bits per heavy atom. The first-order chi connectivity index (χ1) is 9.84. The molecule has 4 heteroatoms. The van der Waals surface area contributed by atoms with Crippen LogP contribution in [0.1, 0.15) is 52.5 Å². The highest BCUT2D eigenvalue weighted by Crippen LogP contribution is 2.33. The van der Waals surface area contributed by atoms with Gasteiger partial charge in [0.1, 0.15) is 0 Å². The third-order valence-corrected chi connectivity index (χ3v) is 4.90. The Bertz CT molecular complexity index is 517. The van der Waals surface area contributed by atoms with Crippen molar-refractivity contribution in [1.29, 1.82) is 0 Å². The summed E-state index contributed by atoms with van der Waals surface area (Å²) in [5, 5.41) is 0. The van der Waals surface area contributed by atoms with Gasteiger partial charge in [0.05, 0.1) is 10.2 Å². The lowest BCUT2D eigenvalue weighted by Crippen LogP contribution is -2.38. The summed E-state index contributed by atoms with van der Waals surface area (Å²) in [7, 11) is 2.02. The molecule has 21 heavy (non-hydrogen) atoms. The summed E-state index contributed by atoms with van der Waals surface area (Å²) in [4.78, 5) is 16.6. The fraction of sp³-hybridized carbons (Fsp3) is 0.765. The maximum Gasteiger partial charge on any atom is 0.220 e. The summed E-state index contributed by atoms with van der Waals surface area (Å²) in [6, 6.07) is 0. The number of rotatable bonds is 9. The van der Waals surface area contributed by atoms with E-state index in [4.69, 9.17) is 12.2 Å². The lowest BCUT2D eigenvalue weighted by atomic mass is 9.86. The van der Waals surface area contributed by atoms with Crippen LogP contribution in [0.5, 0.6) is 0 Å². The predicted octanol–water partition coefficient (Wildman–Crippen LogP) is 3.58. The van der Waals surface area contributed by atoms with E-state index in [1.807, 2.05) is 7.05 Å². The van der Waals surface area contributed by atoms with Gasteiger partial charge in [-0.1, -0.05) is 46.8 Å². The minimum Gasteiger partial charge on any atom is -0.370 e. The third-order valence-electron chi connectivity index (χ3n) is 4.50.